The molecule has 0 bridgehead atoms. The third kappa shape index (κ3) is 2.93. The van der Waals surface area contributed by atoms with Crippen LogP contribution in [0.15, 0.2) is 15.7 Å². The number of amides is 1. The van der Waals surface area contributed by atoms with Crippen molar-refractivity contribution >= 4 is 28.5 Å². The Hall–Kier alpha value is -2.28. The van der Waals surface area contributed by atoms with Crippen molar-refractivity contribution in [3.63, 3.8) is 0 Å². The lowest BCUT2D eigenvalue weighted by molar-refractivity contribution is -0.113. The van der Waals surface area contributed by atoms with Gasteiger partial charge in [0, 0.05) is 16.0 Å². The molecule has 130 valence electrons. The fraction of sp³-hybridized carbons (Fsp3) is 0.444. The summed E-state index contributed by atoms with van der Waals surface area (Å²) in [6, 6.07) is 0. The zero-order valence-electron chi connectivity index (χ0n) is 14.1. The standard InChI is InChI=1S/C18H19N3O3S/c1-10-19-17(24-21-10)15-13-7-4-8-14(13)25-18(15)20-16(23)12-6-3-2-5-11(12)9-22/h9H,2-8H2,1H3,(H,20,23). The number of fused-ring (bicyclic) bond motifs is 1. The molecule has 1 amide bonds. The molecule has 0 spiro atoms. The molecule has 2 aromatic heterocycles. The number of carbonyl (C=O) groups excluding carboxylic acids is 2. The van der Waals surface area contributed by atoms with E-state index in [1.165, 1.54) is 10.4 Å². The number of hydrogen-bond donors (Lipinski definition) is 1. The van der Waals surface area contributed by atoms with E-state index in [2.05, 4.69) is 15.5 Å². The van der Waals surface area contributed by atoms with Crippen LogP contribution in [0, 0.1) is 6.92 Å². The van der Waals surface area contributed by atoms with Crippen molar-refractivity contribution in [3.8, 4) is 11.5 Å². The lowest BCUT2D eigenvalue weighted by Gasteiger charge is -2.16. The van der Waals surface area contributed by atoms with E-state index in [1.54, 1.807) is 18.3 Å². The number of nitrogens with one attached hydrogen (secondary N) is 1. The summed E-state index contributed by atoms with van der Waals surface area (Å²) in [5.74, 6) is 0.850. The molecule has 0 aromatic carbocycles. The maximum absolute atomic E-state index is 12.8. The molecule has 0 unspecified atom stereocenters. The van der Waals surface area contributed by atoms with Gasteiger partial charge < -0.3 is 9.84 Å². The van der Waals surface area contributed by atoms with E-state index in [1.807, 2.05) is 0 Å². The van der Waals surface area contributed by atoms with Gasteiger partial charge in [-0.25, -0.2) is 0 Å². The molecular formula is C18H19N3O3S. The van der Waals surface area contributed by atoms with Crippen LogP contribution in [-0.4, -0.2) is 22.3 Å². The summed E-state index contributed by atoms with van der Waals surface area (Å²) in [6.07, 6.45) is 7.14. The lowest BCUT2D eigenvalue weighted by atomic mass is 9.92. The van der Waals surface area contributed by atoms with Crippen molar-refractivity contribution in [2.45, 2.75) is 51.9 Å². The van der Waals surface area contributed by atoms with Crippen molar-refractivity contribution in [2.75, 3.05) is 5.32 Å². The van der Waals surface area contributed by atoms with Gasteiger partial charge in [0.05, 0.1) is 5.56 Å². The monoisotopic (exact) mass is 357 g/mol. The Labute approximate surface area is 149 Å². The van der Waals surface area contributed by atoms with Crippen LogP contribution in [0.25, 0.3) is 11.5 Å². The fourth-order valence-electron chi connectivity index (χ4n) is 3.61. The van der Waals surface area contributed by atoms with E-state index in [9.17, 15) is 9.59 Å². The first-order valence-corrected chi connectivity index (χ1v) is 9.42. The van der Waals surface area contributed by atoms with Crippen molar-refractivity contribution in [1.82, 2.24) is 10.1 Å². The molecule has 7 heteroatoms. The number of nitrogens with zero attached hydrogens (tertiary/aromatic N) is 2. The summed E-state index contributed by atoms with van der Waals surface area (Å²) in [5, 5.41) is 7.65. The van der Waals surface area contributed by atoms with E-state index >= 15 is 0 Å². The third-order valence-electron chi connectivity index (χ3n) is 4.82. The quantitative estimate of drug-likeness (QED) is 0.845. The molecule has 2 aliphatic rings. The third-order valence-corrected chi connectivity index (χ3v) is 6.02. The van der Waals surface area contributed by atoms with E-state index in [4.69, 9.17) is 4.52 Å². The minimum absolute atomic E-state index is 0.181. The van der Waals surface area contributed by atoms with Crippen LogP contribution in [0.2, 0.25) is 0 Å². The van der Waals surface area contributed by atoms with Crippen LogP contribution >= 0.6 is 11.3 Å². The SMILES string of the molecule is Cc1noc(-c2c(NC(=O)C3=C(C=O)CCCC3)sc3c2CCC3)n1. The number of anilines is 1. The number of rotatable bonds is 4. The molecule has 0 aliphatic heterocycles. The highest BCUT2D eigenvalue weighted by molar-refractivity contribution is 7.17. The minimum atomic E-state index is -0.181. The van der Waals surface area contributed by atoms with Gasteiger partial charge in [0.15, 0.2) is 5.82 Å². The lowest BCUT2D eigenvalue weighted by Crippen LogP contribution is -2.18. The van der Waals surface area contributed by atoms with Gasteiger partial charge in [-0.1, -0.05) is 5.16 Å². The van der Waals surface area contributed by atoms with Crippen LogP contribution in [0.1, 0.15) is 48.4 Å². The van der Waals surface area contributed by atoms with Crippen LogP contribution in [-0.2, 0) is 22.4 Å². The first-order chi connectivity index (χ1) is 12.2. The molecular weight excluding hydrogens is 338 g/mol. The maximum Gasteiger partial charge on any atom is 0.261 e. The predicted octanol–water partition coefficient (Wildman–Crippen LogP) is 3.60. The molecule has 0 fully saturated rings. The summed E-state index contributed by atoms with van der Waals surface area (Å²) in [7, 11) is 0. The van der Waals surface area contributed by atoms with Crippen molar-refractivity contribution in [3.05, 3.63) is 27.4 Å². The molecule has 0 saturated carbocycles. The predicted molar refractivity (Wildman–Crippen MR) is 94.6 cm³/mol. The number of aldehydes is 1. The highest BCUT2D eigenvalue weighted by Gasteiger charge is 2.28. The van der Waals surface area contributed by atoms with E-state index < -0.39 is 0 Å². The largest absolute Gasteiger partial charge is 0.334 e. The summed E-state index contributed by atoms with van der Waals surface area (Å²) < 4.78 is 5.37. The van der Waals surface area contributed by atoms with Gasteiger partial charge in [0.2, 0.25) is 0 Å². The van der Waals surface area contributed by atoms with Crippen LogP contribution < -0.4 is 5.32 Å². The molecule has 1 N–H and O–H groups in total. The maximum atomic E-state index is 12.8. The summed E-state index contributed by atoms with van der Waals surface area (Å²) in [4.78, 5) is 29.7. The zero-order valence-corrected chi connectivity index (χ0v) is 14.9. The molecule has 4 rings (SSSR count). The molecule has 0 radical (unpaired) electrons. The zero-order chi connectivity index (χ0) is 17.4. The first kappa shape index (κ1) is 16.2. The number of aryl methyl sites for hydroxylation is 2. The second kappa shape index (κ2) is 6.55. The Morgan fingerprint density at radius 3 is 2.80 bits per heavy atom. The second-order valence-electron chi connectivity index (χ2n) is 6.49. The van der Waals surface area contributed by atoms with Crippen molar-refractivity contribution < 1.29 is 14.1 Å². The highest BCUT2D eigenvalue weighted by Crippen LogP contribution is 2.44. The minimum Gasteiger partial charge on any atom is -0.334 e. The Balaban J connectivity index is 1.70. The van der Waals surface area contributed by atoms with E-state index in [-0.39, 0.29) is 5.91 Å². The average Bonchev–Trinajstić information content (AvgIpc) is 3.30. The molecule has 2 aliphatic carbocycles. The Bertz CT molecular complexity index is 878. The normalized spacial score (nSPS) is 16.8. The summed E-state index contributed by atoms with van der Waals surface area (Å²) in [6.45, 7) is 1.78. The second-order valence-corrected chi connectivity index (χ2v) is 7.60. The molecule has 2 heterocycles. The van der Waals surface area contributed by atoms with Gasteiger partial charge >= 0.3 is 0 Å². The molecule has 0 atom stereocenters. The average molecular weight is 357 g/mol. The van der Waals surface area contributed by atoms with Crippen LogP contribution in [0.3, 0.4) is 0 Å². The van der Waals surface area contributed by atoms with Gasteiger partial charge in [-0.3, -0.25) is 9.59 Å². The van der Waals surface area contributed by atoms with Gasteiger partial charge in [0.1, 0.15) is 11.3 Å². The molecule has 2 aromatic rings. The van der Waals surface area contributed by atoms with E-state index in [0.717, 1.165) is 49.0 Å². The van der Waals surface area contributed by atoms with Crippen LogP contribution in [0.4, 0.5) is 5.00 Å². The first-order valence-electron chi connectivity index (χ1n) is 8.61. The molecule has 0 saturated heterocycles. The number of allylic oxidation sites excluding steroid dienone is 1. The Morgan fingerprint density at radius 2 is 2.04 bits per heavy atom. The van der Waals surface area contributed by atoms with E-state index in [0.29, 0.717) is 35.7 Å². The summed E-state index contributed by atoms with van der Waals surface area (Å²) in [5.41, 5.74) is 3.30. The van der Waals surface area contributed by atoms with Crippen LogP contribution in [0.5, 0.6) is 0 Å². The molecule has 25 heavy (non-hydrogen) atoms. The Kier molecular flexibility index (Phi) is 4.25. The Morgan fingerprint density at radius 1 is 1.20 bits per heavy atom. The van der Waals surface area contributed by atoms with Gasteiger partial charge in [0.25, 0.3) is 11.8 Å². The smallest absolute Gasteiger partial charge is 0.261 e. The molecule has 6 nitrogen and oxygen atoms in total. The fourth-order valence-corrected chi connectivity index (χ4v) is 4.89. The van der Waals surface area contributed by atoms with Gasteiger partial charge in [-0.2, -0.15) is 4.98 Å². The van der Waals surface area contributed by atoms with Gasteiger partial charge in [-0.05, 0) is 57.4 Å². The number of carbonyl (C=O) groups is 2. The highest BCUT2D eigenvalue weighted by atomic mass is 32.1. The topological polar surface area (TPSA) is 85.1 Å². The van der Waals surface area contributed by atoms with Crippen molar-refractivity contribution in [2.24, 2.45) is 0 Å². The number of thiophene rings is 1. The number of hydrogen-bond acceptors (Lipinski definition) is 6. The number of aromatic nitrogens is 2. The summed E-state index contributed by atoms with van der Waals surface area (Å²) >= 11 is 1.58. The van der Waals surface area contributed by atoms with Gasteiger partial charge in [-0.15, -0.1) is 11.3 Å². The van der Waals surface area contributed by atoms with Crippen molar-refractivity contribution in [1.29, 1.82) is 0 Å².